The SMILES string of the molecule is COc1ccc(Oc2ccc(N3C(=S)N[C@@H](c4ccccn4)[C@H]3c3ccc(C)s3)cc2)cc1. The highest BCUT2D eigenvalue weighted by Gasteiger charge is 2.41. The third kappa shape index (κ3) is 4.42. The number of nitrogens with zero attached hydrogens (tertiary/aromatic N) is 2. The number of benzene rings is 2. The van der Waals surface area contributed by atoms with Gasteiger partial charge in [-0.1, -0.05) is 6.07 Å². The van der Waals surface area contributed by atoms with Gasteiger partial charge in [0.1, 0.15) is 17.2 Å². The summed E-state index contributed by atoms with van der Waals surface area (Å²) in [5.74, 6) is 2.31. The van der Waals surface area contributed by atoms with Crippen molar-refractivity contribution in [1.29, 1.82) is 0 Å². The maximum Gasteiger partial charge on any atom is 0.174 e. The Bertz CT molecular complexity index is 1240. The molecule has 0 amide bonds. The molecule has 1 fully saturated rings. The van der Waals surface area contributed by atoms with E-state index < -0.39 is 0 Å². The fourth-order valence-electron chi connectivity index (χ4n) is 3.99. The zero-order valence-corrected chi connectivity index (χ0v) is 19.9. The van der Waals surface area contributed by atoms with Gasteiger partial charge in [-0.2, -0.15) is 0 Å². The second-order valence-electron chi connectivity index (χ2n) is 7.72. The molecule has 33 heavy (non-hydrogen) atoms. The molecule has 2 aromatic heterocycles. The molecule has 4 aromatic rings. The first-order valence-electron chi connectivity index (χ1n) is 10.6. The van der Waals surface area contributed by atoms with Crippen LogP contribution in [0, 0.1) is 6.92 Å². The number of aryl methyl sites for hydroxylation is 1. The van der Waals surface area contributed by atoms with Gasteiger partial charge in [0.2, 0.25) is 0 Å². The number of hydrogen-bond acceptors (Lipinski definition) is 5. The summed E-state index contributed by atoms with van der Waals surface area (Å²) < 4.78 is 11.2. The number of hydrogen-bond donors (Lipinski definition) is 1. The number of aromatic nitrogens is 1. The van der Waals surface area contributed by atoms with E-state index in [4.69, 9.17) is 21.7 Å². The van der Waals surface area contributed by atoms with Gasteiger partial charge in [0, 0.05) is 21.6 Å². The van der Waals surface area contributed by atoms with Crippen LogP contribution in [-0.4, -0.2) is 17.2 Å². The number of nitrogens with one attached hydrogen (secondary N) is 1. The Hall–Kier alpha value is -3.42. The summed E-state index contributed by atoms with van der Waals surface area (Å²) in [6.07, 6.45) is 1.82. The summed E-state index contributed by atoms with van der Waals surface area (Å²) in [7, 11) is 1.65. The van der Waals surface area contributed by atoms with Crippen LogP contribution in [0.5, 0.6) is 17.2 Å². The number of thiocarbonyl (C=S) groups is 1. The van der Waals surface area contributed by atoms with Gasteiger partial charge < -0.3 is 19.7 Å². The molecule has 3 heterocycles. The fourth-order valence-corrected chi connectivity index (χ4v) is 5.34. The first-order valence-corrected chi connectivity index (χ1v) is 11.8. The highest BCUT2D eigenvalue weighted by atomic mass is 32.1. The van der Waals surface area contributed by atoms with E-state index in [-0.39, 0.29) is 12.1 Å². The lowest BCUT2D eigenvalue weighted by Crippen LogP contribution is -2.28. The average Bonchev–Trinajstić information content (AvgIpc) is 3.43. The molecule has 7 heteroatoms. The molecule has 5 nitrogen and oxygen atoms in total. The smallest absolute Gasteiger partial charge is 0.174 e. The van der Waals surface area contributed by atoms with E-state index in [1.165, 1.54) is 9.75 Å². The topological polar surface area (TPSA) is 46.6 Å². The lowest BCUT2D eigenvalue weighted by molar-refractivity contribution is 0.413. The van der Waals surface area contributed by atoms with Crippen LogP contribution in [0.15, 0.2) is 85.1 Å². The van der Waals surface area contributed by atoms with Crippen molar-refractivity contribution in [1.82, 2.24) is 10.3 Å². The number of anilines is 1. The van der Waals surface area contributed by atoms with E-state index in [0.29, 0.717) is 5.11 Å². The normalized spacial score (nSPS) is 17.6. The van der Waals surface area contributed by atoms with E-state index in [2.05, 4.69) is 34.3 Å². The maximum absolute atomic E-state index is 6.00. The zero-order chi connectivity index (χ0) is 22.8. The van der Waals surface area contributed by atoms with Crippen molar-refractivity contribution in [3.05, 3.63) is 101 Å². The standard InChI is InChI=1S/C26H23N3O2S2/c1-17-6-15-23(33-17)25-24(22-5-3-4-16-27-22)28-26(32)29(25)18-7-9-20(10-8-18)31-21-13-11-19(30-2)12-14-21/h3-16,24-25H,1-2H3,(H,28,32)/t24-,25+/m0/s1. The third-order valence-electron chi connectivity index (χ3n) is 5.56. The summed E-state index contributed by atoms with van der Waals surface area (Å²) in [6, 6.07) is 25.9. The van der Waals surface area contributed by atoms with Crippen LogP contribution in [0.3, 0.4) is 0 Å². The average molecular weight is 474 g/mol. The van der Waals surface area contributed by atoms with E-state index in [9.17, 15) is 0 Å². The molecular weight excluding hydrogens is 450 g/mol. The minimum absolute atomic E-state index is 0.0134. The van der Waals surface area contributed by atoms with Crippen molar-refractivity contribution >= 4 is 34.4 Å². The fraction of sp³-hybridized carbons (Fsp3) is 0.154. The minimum Gasteiger partial charge on any atom is -0.497 e. The van der Waals surface area contributed by atoms with Crippen molar-refractivity contribution in [3.8, 4) is 17.2 Å². The Balaban J connectivity index is 1.44. The monoisotopic (exact) mass is 473 g/mol. The van der Waals surface area contributed by atoms with E-state index in [1.807, 2.05) is 72.9 Å². The summed E-state index contributed by atoms with van der Waals surface area (Å²) in [5, 5.41) is 4.19. The van der Waals surface area contributed by atoms with Crippen LogP contribution in [0.4, 0.5) is 5.69 Å². The van der Waals surface area contributed by atoms with Crippen LogP contribution in [0.2, 0.25) is 0 Å². The predicted octanol–water partition coefficient (Wildman–Crippen LogP) is 6.43. The van der Waals surface area contributed by atoms with Crippen LogP contribution in [-0.2, 0) is 0 Å². The number of pyridine rings is 1. The minimum atomic E-state index is -0.0352. The Kier molecular flexibility index (Phi) is 5.98. The third-order valence-corrected chi connectivity index (χ3v) is 6.95. The molecule has 0 aliphatic carbocycles. The van der Waals surface area contributed by atoms with Crippen molar-refractivity contribution < 1.29 is 9.47 Å². The van der Waals surface area contributed by atoms with Crippen LogP contribution in [0.1, 0.15) is 27.5 Å². The summed E-state index contributed by atoms with van der Waals surface area (Å²) >= 11 is 7.58. The second kappa shape index (κ2) is 9.21. The van der Waals surface area contributed by atoms with E-state index in [0.717, 1.165) is 28.6 Å². The molecule has 1 aliphatic heterocycles. The molecule has 2 atom stereocenters. The second-order valence-corrected chi connectivity index (χ2v) is 9.42. The molecule has 166 valence electrons. The molecule has 0 unspecified atom stereocenters. The highest BCUT2D eigenvalue weighted by Crippen LogP contribution is 2.44. The molecule has 2 aromatic carbocycles. The van der Waals surface area contributed by atoms with Crippen molar-refractivity contribution in [2.75, 3.05) is 12.0 Å². The van der Waals surface area contributed by atoms with Gasteiger partial charge >= 0.3 is 0 Å². The van der Waals surface area contributed by atoms with Gasteiger partial charge in [0.25, 0.3) is 0 Å². The summed E-state index contributed by atoms with van der Waals surface area (Å²) in [4.78, 5) is 9.30. The maximum atomic E-state index is 6.00. The Morgan fingerprint density at radius 1 is 0.909 bits per heavy atom. The van der Waals surface area contributed by atoms with Gasteiger partial charge in [-0.15, -0.1) is 11.3 Å². The Morgan fingerprint density at radius 3 is 2.21 bits per heavy atom. The molecule has 1 N–H and O–H groups in total. The summed E-state index contributed by atoms with van der Waals surface area (Å²) in [5.41, 5.74) is 1.97. The van der Waals surface area contributed by atoms with Crippen LogP contribution < -0.4 is 19.7 Å². The van der Waals surface area contributed by atoms with Gasteiger partial charge in [-0.3, -0.25) is 4.98 Å². The van der Waals surface area contributed by atoms with Crippen molar-refractivity contribution in [2.45, 2.75) is 19.0 Å². The molecule has 5 rings (SSSR count). The molecule has 0 bridgehead atoms. The molecule has 0 spiro atoms. The first kappa shape index (κ1) is 21.4. The van der Waals surface area contributed by atoms with Gasteiger partial charge in [0.15, 0.2) is 5.11 Å². The van der Waals surface area contributed by atoms with Gasteiger partial charge in [-0.05, 0) is 91.9 Å². The number of ether oxygens (including phenoxy) is 2. The van der Waals surface area contributed by atoms with Crippen molar-refractivity contribution in [2.24, 2.45) is 0 Å². The van der Waals surface area contributed by atoms with Crippen molar-refractivity contribution in [3.63, 3.8) is 0 Å². The summed E-state index contributed by atoms with van der Waals surface area (Å²) in [6.45, 7) is 2.13. The molecule has 0 radical (unpaired) electrons. The molecule has 1 aliphatic rings. The highest BCUT2D eigenvalue weighted by molar-refractivity contribution is 7.80. The number of thiophene rings is 1. The predicted molar refractivity (Wildman–Crippen MR) is 136 cm³/mol. The van der Waals surface area contributed by atoms with Crippen LogP contribution in [0.25, 0.3) is 0 Å². The Labute approximate surface area is 202 Å². The lowest BCUT2D eigenvalue weighted by atomic mass is 10.0. The van der Waals surface area contributed by atoms with E-state index in [1.54, 1.807) is 18.4 Å². The quantitative estimate of drug-likeness (QED) is 0.326. The molecule has 1 saturated heterocycles. The largest absolute Gasteiger partial charge is 0.497 e. The van der Waals surface area contributed by atoms with Gasteiger partial charge in [0.05, 0.1) is 24.9 Å². The van der Waals surface area contributed by atoms with Gasteiger partial charge in [-0.25, -0.2) is 0 Å². The van der Waals surface area contributed by atoms with Crippen LogP contribution >= 0.6 is 23.6 Å². The zero-order valence-electron chi connectivity index (χ0n) is 18.3. The Morgan fingerprint density at radius 2 is 1.61 bits per heavy atom. The molecule has 0 saturated carbocycles. The number of methoxy groups -OCH3 is 1. The van der Waals surface area contributed by atoms with E-state index >= 15 is 0 Å². The molecular formula is C26H23N3O2S2. The first-order chi connectivity index (χ1) is 16.1. The number of rotatable bonds is 6. The lowest BCUT2D eigenvalue weighted by Gasteiger charge is -2.27.